The Kier molecular flexibility index (Phi) is 5.95. The normalized spacial score (nSPS) is 14.9. The van der Waals surface area contributed by atoms with E-state index in [0.717, 1.165) is 4.57 Å². The van der Waals surface area contributed by atoms with Crippen molar-refractivity contribution in [2.75, 3.05) is 23.3 Å². The van der Waals surface area contributed by atoms with Crippen molar-refractivity contribution in [2.24, 2.45) is 20.0 Å². The molecule has 1 unspecified atom stereocenters. The molecule has 1 aliphatic heterocycles. The summed E-state index contributed by atoms with van der Waals surface area (Å²) in [6.45, 7) is 1.16. The number of nitrogens with zero attached hydrogens (tertiary/aromatic N) is 9. The minimum Gasteiger partial charge on any atom is -0.339 e. The molecule has 5 heterocycles. The van der Waals surface area contributed by atoms with E-state index in [1.165, 1.54) is 59.1 Å². The van der Waals surface area contributed by atoms with Crippen molar-refractivity contribution >= 4 is 28.8 Å². The second-order valence-electron chi connectivity index (χ2n) is 8.88. The molecule has 13 nitrogen and oxygen atoms in total. The molecule has 0 saturated carbocycles. The first kappa shape index (κ1) is 25.0. The van der Waals surface area contributed by atoms with Gasteiger partial charge in [-0.2, -0.15) is 13.2 Å². The molecule has 1 fully saturated rings. The van der Waals surface area contributed by atoms with E-state index in [4.69, 9.17) is 0 Å². The van der Waals surface area contributed by atoms with E-state index in [2.05, 4.69) is 30.2 Å². The molecule has 38 heavy (non-hydrogen) atoms. The van der Waals surface area contributed by atoms with Crippen LogP contribution in [0.2, 0.25) is 0 Å². The smallest absolute Gasteiger partial charge is 0.339 e. The molecule has 0 aromatic carbocycles. The number of halogens is 3. The van der Waals surface area contributed by atoms with Crippen LogP contribution in [0.15, 0.2) is 40.6 Å². The number of alkyl halides is 3. The van der Waals surface area contributed by atoms with Crippen LogP contribution in [-0.2, 0) is 18.9 Å². The van der Waals surface area contributed by atoms with Gasteiger partial charge in [0.25, 0.3) is 5.56 Å². The van der Waals surface area contributed by atoms with E-state index in [0.29, 0.717) is 5.56 Å². The van der Waals surface area contributed by atoms with Crippen LogP contribution in [0.4, 0.5) is 24.9 Å². The Balaban J connectivity index is 1.32. The Morgan fingerprint density at radius 3 is 2.42 bits per heavy atom. The lowest BCUT2D eigenvalue weighted by atomic mass is 10.0. The van der Waals surface area contributed by atoms with Crippen LogP contribution in [0.25, 0.3) is 22.6 Å². The van der Waals surface area contributed by atoms with Crippen molar-refractivity contribution < 1.29 is 18.0 Å². The van der Waals surface area contributed by atoms with Crippen LogP contribution in [0.1, 0.15) is 13.0 Å². The second-order valence-corrected chi connectivity index (χ2v) is 8.88. The van der Waals surface area contributed by atoms with Crippen molar-refractivity contribution in [3.63, 3.8) is 0 Å². The first-order chi connectivity index (χ1) is 18.0. The molecule has 1 aliphatic rings. The van der Waals surface area contributed by atoms with Crippen molar-refractivity contribution in [3.8, 4) is 11.4 Å². The summed E-state index contributed by atoms with van der Waals surface area (Å²) in [7, 11) is 2.82. The number of imidazole rings is 1. The number of amides is 1. The third-order valence-corrected chi connectivity index (χ3v) is 6.40. The number of rotatable bonds is 5. The maximum atomic E-state index is 13.0. The predicted octanol–water partition coefficient (Wildman–Crippen LogP) is 0.879. The van der Waals surface area contributed by atoms with Crippen molar-refractivity contribution in [1.29, 1.82) is 0 Å². The van der Waals surface area contributed by atoms with Gasteiger partial charge in [0.1, 0.15) is 11.9 Å². The highest BCUT2D eigenvalue weighted by molar-refractivity contribution is 5.93. The van der Waals surface area contributed by atoms with E-state index >= 15 is 0 Å². The molecule has 1 atom stereocenters. The van der Waals surface area contributed by atoms with Crippen molar-refractivity contribution in [1.82, 2.24) is 38.6 Å². The average molecular weight is 530 g/mol. The minimum atomic E-state index is -4.24. The Bertz CT molecular complexity index is 1650. The number of nitrogens with one attached hydrogen (secondary N) is 1. The lowest BCUT2D eigenvalue weighted by Crippen LogP contribution is -2.54. The third kappa shape index (κ3) is 4.26. The monoisotopic (exact) mass is 530 g/mol. The average Bonchev–Trinajstić information content (AvgIpc) is 3.30. The molecule has 198 valence electrons. The third-order valence-electron chi connectivity index (χ3n) is 6.40. The van der Waals surface area contributed by atoms with Crippen LogP contribution < -0.4 is 21.5 Å². The summed E-state index contributed by atoms with van der Waals surface area (Å²) in [5.74, 6) is -1.38. The van der Waals surface area contributed by atoms with Crippen LogP contribution in [0.5, 0.6) is 0 Å². The number of aromatic nitrogens is 8. The van der Waals surface area contributed by atoms with Crippen LogP contribution in [0.3, 0.4) is 0 Å². The van der Waals surface area contributed by atoms with Crippen LogP contribution in [0, 0.1) is 5.92 Å². The lowest BCUT2D eigenvalue weighted by molar-refractivity contribution is -0.180. The van der Waals surface area contributed by atoms with E-state index < -0.39 is 35.3 Å². The molecular formula is C22H21F3N10O3. The van der Waals surface area contributed by atoms with Gasteiger partial charge in [-0.3, -0.25) is 18.7 Å². The van der Waals surface area contributed by atoms with Gasteiger partial charge in [-0.1, -0.05) is 0 Å². The standard InChI is InChI=1S/C22H21F3N10O3/c1-11(35-10-29-17-15(35)19(37)33(3)21(38)32(17)2)18(36)31-14-4-5-26-16(30-14)12-6-27-20(28-7-12)34-8-13(9-34)22(23,24)25/h4-7,10-11,13H,8-9H2,1-3H3,(H,26,30,31,36). The zero-order chi connectivity index (χ0) is 27.4. The Labute approximate surface area is 211 Å². The van der Waals surface area contributed by atoms with Gasteiger partial charge in [-0.25, -0.2) is 29.7 Å². The number of carbonyl (C=O) groups is 1. The van der Waals surface area contributed by atoms with Gasteiger partial charge in [0, 0.05) is 45.8 Å². The topological polar surface area (TPSA) is 146 Å². The highest BCUT2D eigenvalue weighted by atomic mass is 19.4. The number of hydrogen-bond donors (Lipinski definition) is 1. The fourth-order valence-electron chi connectivity index (χ4n) is 4.03. The number of carbonyl (C=O) groups excluding carboxylic acids is 1. The molecule has 0 spiro atoms. The molecule has 0 radical (unpaired) electrons. The Morgan fingerprint density at radius 1 is 1.08 bits per heavy atom. The minimum absolute atomic E-state index is 0.0987. The van der Waals surface area contributed by atoms with E-state index in [-0.39, 0.29) is 41.8 Å². The highest BCUT2D eigenvalue weighted by Crippen LogP contribution is 2.35. The zero-order valence-corrected chi connectivity index (χ0v) is 20.3. The summed E-state index contributed by atoms with van der Waals surface area (Å²) in [4.78, 5) is 60.1. The van der Waals surface area contributed by atoms with Gasteiger partial charge in [0.2, 0.25) is 11.9 Å². The van der Waals surface area contributed by atoms with Gasteiger partial charge in [0.15, 0.2) is 17.0 Å². The largest absolute Gasteiger partial charge is 0.395 e. The van der Waals surface area contributed by atoms with Gasteiger partial charge in [-0.15, -0.1) is 0 Å². The van der Waals surface area contributed by atoms with Crippen molar-refractivity contribution in [2.45, 2.75) is 19.1 Å². The molecule has 1 amide bonds. The molecule has 4 aromatic heterocycles. The zero-order valence-electron chi connectivity index (χ0n) is 20.3. The van der Waals surface area contributed by atoms with Gasteiger partial charge >= 0.3 is 11.9 Å². The number of anilines is 2. The van der Waals surface area contributed by atoms with Gasteiger partial charge < -0.3 is 14.8 Å². The fourth-order valence-corrected chi connectivity index (χ4v) is 4.03. The Hall–Kier alpha value is -4.63. The Morgan fingerprint density at radius 2 is 1.76 bits per heavy atom. The van der Waals surface area contributed by atoms with Gasteiger partial charge in [-0.05, 0) is 13.0 Å². The number of hydrogen-bond acceptors (Lipinski definition) is 9. The number of fused-ring (bicyclic) bond motifs is 1. The summed E-state index contributed by atoms with van der Waals surface area (Å²) in [6.07, 6.45) is 1.27. The van der Waals surface area contributed by atoms with Crippen molar-refractivity contribution in [3.05, 3.63) is 51.8 Å². The first-order valence-electron chi connectivity index (χ1n) is 11.4. The summed E-state index contributed by atoms with van der Waals surface area (Å²) >= 11 is 0. The quantitative estimate of drug-likeness (QED) is 0.397. The molecule has 16 heteroatoms. The van der Waals surface area contributed by atoms with Gasteiger partial charge in [0.05, 0.1) is 17.8 Å². The molecule has 5 rings (SSSR count). The van der Waals surface area contributed by atoms with E-state index in [1.54, 1.807) is 6.92 Å². The molecular weight excluding hydrogens is 509 g/mol. The summed E-state index contributed by atoms with van der Waals surface area (Å²) in [5, 5.41) is 2.66. The molecule has 1 N–H and O–H groups in total. The molecule has 0 aliphatic carbocycles. The molecule has 4 aromatic rings. The SMILES string of the molecule is CC(C(=O)Nc1ccnc(-c2cnc(N3CC(C(F)(F)F)C3)nc2)n1)n1cnc2c1c(=O)n(C)c(=O)n2C. The van der Waals surface area contributed by atoms with E-state index in [9.17, 15) is 27.6 Å². The summed E-state index contributed by atoms with van der Waals surface area (Å²) in [6, 6.07) is 0.582. The number of aryl methyl sites for hydroxylation is 1. The first-order valence-corrected chi connectivity index (χ1v) is 11.4. The molecule has 0 bridgehead atoms. The van der Waals surface area contributed by atoms with Crippen LogP contribution >= 0.6 is 0 Å². The maximum Gasteiger partial charge on any atom is 0.395 e. The highest BCUT2D eigenvalue weighted by Gasteiger charge is 2.47. The molecule has 1 saturated heterocycles. The predicted molar refractivity (Wildman–Crippen MR) is 128 cm³/mol. The second kappa shape index (κ2) is 9.04. The fraction of sp³-hybridized carbons (Fsp3) is 0.364. The summed E-state index contributed by atoms with van der Waals surface area (Å²) < 4.78 is 41.7. The maximum absolute atomic E-state index is 13.0. The van der Waals surface area contributed by atoms with Crippen LogP contribution in [-0.4, -0.2) is 63.8 Å². The van der Waals surface area contributed by atoms with E-state index in [1.807, 2.05) is 0 Å². The summed E-state index contributed by atoms with van der Waals surface area (Å²) in [5.41, 5.74) is -0.471. The lowest BCUT2D eigenvalue weighted by Gasteiger charge is -2.39.